The summed E-state index contributed by atoms with van der Waals surface area (Å²) < 4.78 is 0. The molecule has 100 valence electrons. The highest BCUT2D eigenvalue weighted by molar-refractivity contribution is 4.93. The Morgan fingerprint density at radius 2 is 1.71 bits per heavy atom. The van der Waals surface area contributed by atoms with Gasteiger partial charge in [0, 0.05) is 18.1 Å². The SMILES string of the molecule is CN(C1CCCCC1)C(C)(CN)CC1CCC1. The van der Waals surface area contributed by atoms with Crippen LogP contribution >= 0.6 is 0 Å². The van der Waals surface area contributed by atoms with E-state index in [1.165, 1.54) is 57.8 Å². The van der Waals surface area contributed by atoms with Crippen molar-refractivity contribution in [2.45, 2.75) is 76.3 Å². The van der Waals surface area contributed by atoms with Gasteiger partial charge in [-0.25, -0.2) is 0 Å². The van der Waals surface area contributed by atoms with Gasteiger partial charge in [-0.05, 0) is 39.2 Å². The van der Waals surface area contributed by atoms with Gasteiger partial charge in [-0.1, -0.05) is 38.5 Å². The van der Waals surface area contributed by atoms with Crippen LogP contribution in [0.5, 0.6) is 0 Å². The fourth-order valence-corrected chi connectivity index (χ4v) is 3.60. The van der Waals surface area contributed by atoms with E-state index in [1.54, 1.807) is 0 Å². The van der Waals surface area contributed by atoms with Crippen LogP contribution in [0.1, 0.15) is 64.7 Å². The third kappa shape index (κ3) is 3.03. The standard InChI is InChI=1S/C15H30N2/c1-15(12-16,11-13-7-6-8-13)17(2)14-9-4-3-5-10-14/h13-14H,3-12,16H2,1-2H3. The normalized spacial score (nSPS) is 26.8. The maximum atomic E-state index is 6.10. The second-order valence-corrected chi connectivity index (χ2v) is 6.60. The third-order valence-electron chi connectivity index (χ3n) is 5.37. The molecule has 0 spiro atoms. The highest BCUT2D eigenvalue weighted by Gasteiger charge is 2.36. The lowest BCUT2D eigenvalue weighted by atomic mass is 9.75. The van der Waals surface area contributed by atoms with Gasteiger partial charge in [0.25, 0.3) is 0 Å². The number of likely N-dealkylation sites (N-methyl/N-ethyl adjacent to an activating group) is 1. The molecule has 2 heteroatoms. The lowest BCUT2D eigenvalue weighted by molar-refractivity contribution is 0.0397. The monoisotopic (exact) mass is 238 g/mol. The second-order valence-electron chi connectivity index (χ2n) is 6.60. The number of rotatable bonds is 5. The van der Waals surface area contributed by atoms with Crippen LogP contribution in [0.3, 0.4) is 0 Å². The first-order valence-electron chi connectivity index (χ1n) is 7.59. The molecule has 0 saturated heterocycles. The molecule has 0 radical (unpaired) electrons. The van der Waals surface area contributed by atoms with Crippen molar-refractivity contribution in [2.24, 2.45) is 11.7 Å². The Morgan fingerprint density at radius 1 is 1.06 bits per heavy atom. The Hall–Kier alpha value is -0.0800. The van der Waals surface area contributed by atoms with Crippen LogP contribution in [0, 0.1) is 5.92 Å². The van der Waals surface area contributed by atoms with Gasteiger partial charge in [-0.3, -0.25) is 4.90 Å². The zero-order valence-electron chi connectivity index (χ0n) is 11.8. The molecule has 2 aliphatic carbocycles. The number of nitrogens with two attached hydrogens (primary N) is 1. The van der Waals surface area contributed by atoms with E-state index < -0.39 is 0 Å². The summed E-state index contributed by atoms with van der Waals surface area (Å²) in [5.41, 5.74) is 6.34. The number of nitrogens with zero attached hydrogens (tertiary/aromatic N) is 1. The highest BCUT2D eigenvalue weighted by Crippen LogP contribution is 2.37. The summed E-state index contributed by atoms with van der Waals surface area (Å²) in [7, 11) is 2.32. The molecule has 1 atom stereocenters. The third-order valence-corrected chi connectivity index (χ3v) is 5.37. The van der Waals surface area contributed by atoms with E-state index in [0.717, 1.165) is 18.5 Å². The average molecular weight is 238 g/mol. The van der Waals surface area contributed by atoms with Crippen LogP contribution in [-0.2, 0) is 0 Å². The number of hydrogen-bond donors (Lipinski definition) is 1. The van der Waals surface area contributed by atoms with Crippen LogP contribution in [0.25, 0.3) is 0 Å². The van der Waals surface area contributed by atoms with Gasteiger partial charge >= 0.3 is 0 Å². The molecule has 2 fully saturated rings. The molecule has 0 heterocycles. The molecule has 0 aromatic rings. The van der Waals surface area contributed by atoms with Crippen molar-refractivity contribution in [3.05, 3.63) is 0 Å². The molecule has 2 saturated carbocycles. The van der Waals surface area contributed by atoms with Crippen molar-refractivity contribution in [3.8, 4) is 0 Å². The van der Waals surface area contributed by atoms with Crippen molar-refractivity contribution >= 4 is 0 Å². The van der Waals surface area contributed by atoms with Gasteiger partial charge in [0.05, 0.1) is 0 Å². The minimum absolute atomic E-state index is 0.243. The van der Waals surface area contributed by atoms with E-state index in [4.69, 9.17) is 5.73 Å². The highest BCUT2D eigenvalue weighted by atomic mass is 15.2. The molecular weight excluding hydrogens is 208 g/mol. The summed E-state index contributed by atoms with van der Waals surface area (Å²) >= 11 is 0. The molecule has 0 aromatic carbocycles. The Balaban J connectivity index is 1.93. The topological polar surface area (TPSA) is 29.3 Å². The Labute approximate surface area is 107 Å². The Morgan fingerprint density at radius 3 is 2.18 bits per heavy atom. The molecule has 1 unspecified atom stereocenters. The van der Waals surface area contributed by atoms with Crippen molar-refractivity contribution < 1.29 is 0 Å². The van der Waals surface area contributed by atoms with Gasteiger partial charge < -0.3 is 5.73 Å². The molecular formula is C15H30N2. The Bertz CT molecular complexity index is 231. The average Bonchev–Trinajstić information content (AvgIpc) is 2.34. The summed E-state index contributed by atoms with van der Waals surface area (Å²) in [6, 6.07) is 0.789. The van der Waals surface area contributed by atoms with Crippen molar-refractivity contribution in [1.82, 2.24) is 4.90 Å². The quantitative estimate of drug-likeness (QED) is 0.797. The van der Waals surface area contributed by atoms with Crippen molar-refractivity contribution in [3.63, 3.8) is 0 Å². The van der Waals surface area contributed by atoms with E-state index in [2.05, 4.69) is 18.9 Å². The van der Waals surface area contributed by atoms with Gasteiger partial charge in [0.2, 0.25) is 0 Å². The Kier molecular flexibility index (Phi) is 4.48. The summed E-state index contributed by atoms with van der Waals surface area (Å²) in [6.45, 7) is 3.20. The molecule has 2 rings (SSSR count). The predicted octanol–water partition coefficient (Wildman–Crippen LogP) is 3.16. The van der Waals surface area contributed by atoms with Gasteiger partial charge in [0.15, 0.2) is 0 Å². The summed E-state index contributed by atoms with van der Waals surface area (Å²) in [5.74, 6) is 0.953. The molecule has 0 bridgehead atoms. The van der Waals surface area contributed by atoms with E-state index in [-0.39, 0.29) is 5.54 Å². The molecule has 0 amide bonds. The summed E-state index contributed by atoms with van der Waals surface area (Å²) in [5, 5.41) is 0. The van der Waals surface area contributed by atoms with Crippen molar-refractivity contribution in [2.75, 3.05) is 13.6 Å². The molecule has 2 nitrogen and oxygen atoms in total. The minimum Gasteiger partial charge on any atom is -0.329 e. The van der Waals surface area contributed by atoms with Crippen LogP contribution in [0.15, 0.2) is 0 Å². The van der Waals surface area contributed by atoms with Gasteiger partial charge in [-0.15, -0.1) is 0 Å². The van der Waals surface area contributed by atoms with E-state index in [1.807, 2.05) is 0 Å². The minimum atomic E-state index is 0.243. The van der Waals surface area contributed by atoms with Gasteiger partial charge in [0.1, 0.15) is 0 Å². The van der Waals surface area contributed by atoms with Crippen LogP contribution in [-0.4, -0.2) is 30.1 Å². The smallest absolute Gasteiger partial charge is 0.0306 e. The largest absolute Gasteiger partial charge is 0.329 e. The molecule has 0 aliphatic heterocycles. The lowest BCUT2D eigenvalue weighted by Crippen LogP contribution is -2.55. The summed E-state index contributed by atoms with van der Waals surface area (Å²) in [6.07, 6.45) is 12.7. The first kappa shape index (κ1) is 13.4. The van der Waals surface area contributed by atoms with Gasteiger partial charge in [-0.2, -0.15) is 0 Å². The fraction of sp³-hybridized carbons (Fsp3) is 1.00. The second kappa shape index (κ2) is 5.71. The van der Waals surface area contributed by atoms with Crippen LogP contribution < -0.4 is 5.73 Å². The molecule has 2 aliphatic rings. The number of hydrogen-bond acceptors (Lipinski definition) is 2. The van der Waals surface area contributed by atoms with E-state index in [0.29, 0.717) is 0 Å². The first-order chi connectivity index (χ1) is 8.15. The molecule has 2 N–H and O–H groups in total. The van der Waals surface area contributed by atoms with Crippen LogP contribution in [0.4, 0.5) is 0 Å². The van der Waals surface area contributed by atoms with Crippen LogP contribution in [0.2, 0.25) is 0 Å². The van der Waals surface area contributed by atoms with E-state index in [9.17, 15) is 0 Å². The zero-order chi connectivity index (χ0) is 12.3. The maximum Gasteiger partial charge on any atom is 0.0306 e. The van der Waals surface area contributed by atoms with Crippen molar-refractivity contribution in [1.29, 1.82) is 0 Å². The first-order valence-corrected chi connectivity index (χ1v) is 7.59. The maximum absolute atomic E-state index is 6.10. The van der Waals surface area contributed by atoms with E-state index >= 15 is 0 Å². The fourth-order valence-electron chi connectivity index (χ4n) is 3.60. The zero-order valence-corrected chi connectivity index (χ0v) is 11.8. The molecule has 0 aromatic heterocycles. The lowest BCUT2D eigenvalue weighted by Gasteiger charge is -2.47. The summed E-state index contributed by atoms with van der Waals surface area (Å²) in [4.78, 5) is 2.63. The predicted molar refractivity (Wildman–Crippen MR) is 74.1 cm³/mol. The molecule has 17 heavy (non-hydrogen) atoms.